The van der Waals surface area contributed by atoms with E-state index in [4.69, 9.17) is 9.47 Å². The van der Waals surface area contributed by atoms with Gasteiger partial charge in [0.15, 0.2) is 5.96 Å². The fourth-order valence-electron chi connectivity index (χ4n) is 3.26. The minimum Gasteiger partial charge on any atom is -0.497 e. The van der Waals surface area contributed by atoms with Crippen LogP contribution in [-0.4, -0.2) is 63.3 Å². The summed E-state index contributed by atoms with van der Waals surface area (Å²) in [5, 5.41) is 6.81. The van der Waals surface area contributed by atoms with E-state index in [2.05, 4.69) is 27.4 Å². The number of nitrogens with one attached hydrogen (secondary N) is 2. The van der Waals surface area contributed by atoms with Gasteiger partial charge in [-0.05, 0) is 51.4 Å². The maximum Gasteiger partial charge on any atom is 0.191 e. The molecule has 2 N–H and O–H groups in total. The van der Waals surface area contributed by atoms with Crippen LogP contribution in [-0.2, 0) is 0 Å². The minimum atomic E-state index is 0. The first kappa shape index (κ1) is 23.8. The maximum absolute atomic E-state index is 5.95. The summed E-state index contributed by atoms with van der Waals surface area (Å²) in [4.78, 5) is 6.91. The van der Waals surface area contributed by atoms with Gasteiger partial charge in [-0.3, -0.25) is 9.89 Å². The maximum atomic E-state index is 5.95. The summed E-state index contributed by atoms with van der Waals surface area (Å²) in [6, 6.07) is 8.24. The fourth-order valence-corrected chi connectivity index (χ4v) is 3.26. The van der Waals surface area contributed by atoms with Crippen molar-refractivity contribution in [3.05, 3.63) is 24.3 Å². The topological polar surface area (TPSA) is 58.1 Å². The molecule has 1 aromatic rings. The van der Waals surface area contributed by atoms with Crippen LogP contribution < -0.4 is 20.1 Å². The molecule has 0 radical (unpaired) electrons. The van der Waals surface area contributed by atoms with E-state index in [9.17, 15) is 0 Å². The van der Waals surface area contributed by atoms with Crippen LogP contribution in [0, 0.1) is 0 Å². The van der Waals surface area contributed by atoms with Crippen LogP contribution in [0.15, 0.2) is 29.3 Å². The molecule has 0 saturated carbocycles. The van der Waals surface area contributed by atoms with Gasteiger partial charge in [-0.15, -0.1) is 24.0 Å². The minimum absolute atomic E-state index is 0. The molecule has 27 heavy (non-hydrogen) atoms. The second-order valence-corrected chi connectivity index (χ2v) is 6.75. The molecule has 154 valence electrons. The Labute approximate surface area is 181 Å². The zero-order valence-corrected chi connectivity index (χ0v) is 19.4. The third kappa shape index (κ3) is 8.13. The molecule has 2 rings (SSSR count). The Hall–Kier alpha value is -1.22. The Balaban J connectivity index is 0.00000364. The number of nitrogens with zero attached hydrogens (tertiary/aromatic N) is 2. The van der Waals surface area contributed by atoms with Crippen molar-refractivity contribution in [3.63, 3.8) is 0 Å². The van der Waals surface area contributed by atoms with Crippen molar-refractivity contribution < 1.29 is 9.47 Å². The van der Waals surface area contributed by atoms with Gasteiger partial charge in [0, 0.05) is 25.7 Å². The van der Waals surface area contributed by atoms with Crippen molar-refractivity contribution in [3.8, 4) is 11.5 Å². The SMILES string of the molecule is CCC(CNC(=NC)NCC(C)Oc1cccc(OC)c1)N1CCCC1.I. The third-order valence-corrected chi connectivity index (χ3v) is 4.79. The Morgan fingerprint density at radius 1 is 1.19 bits per heavy atom. The Kier molecular flexibility index (Phi) is 11.5. The lowest BCUT2D eigenvalue weighted by molar-refractivity contribution is 0.221. The lowest BCUT2D eigenvalue weighted by Gasteiger charge is -2.27. The zero-order chi connectivity index (χ0) is 18.8. The normalized spacial score (nSPS) is 17.0. The van der Waals surface area contributed by atoms with E-state index in [0.717, 1.165) is 30.4 Å². The molecule has 1 saturated heterocycles. The first-order valence-corrected chi connectivity index (χ1v) is 9.65. The van der Waals surface area contributed by atoms with Crippen LogP contribution in [0.4, 0.5) is 0 Å². The molecule has 1 aliphatic heterocycles. The smallest absolute Gasteiger partial charge is 0.191 e. The van der Waals surface area contributed by atoms with Gasteiger partial charge in [-0.2, -0.15) is 0 Å². The summed E-state index contributed by atoms with van der Waals surface area (Å²) in [5.74, 6) is 2.43. The van der Waals surface area contributed by atoms with Crippen molar-refractivity contribution in [2.45, 2.75) is 45.3 Å². The highest BCUT2D eigenvalue weighted by Crippen LogP contribution is 2.19. The fraction of sp³-hybridized carbons (Fsp3) is 0.650. The first-order chi connectivity index (χ1) is 12.7. The number of likely N-dealkylation sites (tertiary alicyclic amines) is 1. The van der Waals surface area contributed by atoms with E-state index in [1.807, 2.05) is 31.2 Å². The van der Waals surface area contributed by atoms with E-state index in [1.165, 1.54) is 25.9 Å². The molecule has 2 atom stereocenters. The Morgan fingerprint density at radius 2 is 1.85 bits per heavy atom. The van der Waals surface area contributed by atoms with Crippen molar-refractivity contribution >= 4 is 29.9 Å². The van der Waals surface area contributed by atoms with E-state index >= 15 is 0 Å². The Bertz CT molecular complexity index is 565. The van der Waals surface area contributed by atoms with Gasteiger partial charge >= 0.3 is 0 Å². The summed E-state index contributed by atoms with van der Waals surface area (Å²) < 4.78 is 11.2. The highest BCUT2D eigenvalue weighted by atomic mass is 127. The van der Waals surface area contributed by atoms with Crippen molar-refractivity contribution in [1.82, 2.24) is 15.5 Å². The summed E-state index contributed by atoms with van der Waals surface area (Å²) in [6.45, 7) is 8.33. The molecule has 7 heteroatoms. The van der Waals surface area contributed by atoms with Gasteiger partial charge in [0.2, 0.25) is 0 Å². The van der Waals surface area contributed by atoms with Crippen LogP contribution in [0.2, 0.25) is 0 Å². The predicted molar refractivity (Wildman–Crippen MR) is 123 cm³/mol. The largest absolute Gasteiger partial charge is 0.497 e. The number of benzene rings is 1. The standard InChI is InChI=1S/C20H34N4O2.HI/c1-5-17(24-11-6-7-12-24)15-23-20(21-3)22-14-16(2)26-19-10-8-9-18(13-19)25-4;/h8-10,13,16-17H,5-7,11-12,14-15H2,1-4H3,(H2,21,22,23);1H. The monoisotopic (exact) mass is 490 g/mol. The molecule has 1 fully saturated rings. The van der Waals surface area contributed by atoms with E-state index in [-0.39, 0.29) is 30.1 Å². The van der Waals surface area contributed by atoms with Crippen LogP contribution in [0.3, 0.4) is 0 Å². The van der Waals surface area contributed by atoms with Crippen LogP contribution in [0.1, 0.15) is 33.1 Å². The molecule has 1 heterocycles. The Morgan fingerprint density at radius 3 is 2.48 bits per heavy atom. The second-order valence-electron chi connectivity index (χ2n) is 6.75. The molecular formula is C20H35IN4O2. The van der Waals surface area contributed by atoms with Crippen LogP contribution in [0.5, 0.6) is 11.5 Å². The summed E-state index contributed by atoms with van der Waals surface area (Å²) in [6.07, 6.45) is 3.81. The van der Waals surface area contributed by atoms with Gasteiger partial charge in [-0.1, -0.05) is 13.0 Å². The third-order valence-electron chi connectivity index (χ3n) is 4.79. The van der Waals surface area contributed by atoms with Crippen molar-refractivity contribution in [2.75, 3.05) is 40.3 Å². The number of hydrogen-bond acceptors (Lipinski definition) is 4. The molecule has 1 aromatic carbocycles. The summed E-state index contributed by atoms with van der Waals surface area (Å²) in [5.41, 5.74) is 0. The molecule has 0 aliphatic carbocycles. The highest BCUT2D eigenvalue weighted by molar-refractivity contribution is 14.0. The van der Waals surface area contributed by atoms with E-state index < -0.39 is 0 Å². The number of aliphatic imine (C=N–C) groups is 1. The summed E-state index contributed by atoms with van der Waals surface area (Å²) in [7, 11) is 3.46. The number of ether oxygens (including phenoxy) is 2. The van der Waals surface area contributed by atoms with Gasteiger partial charge in [0.05, 0.1) is 13.7 Å². The molecule has 0 aromatic heterocycles. The first-order valence-electron chi connectivity index (χ1n) is 9.65. The average molecular weight is 490 g/mol. The number of guanidine groups is 1. The molecule has 0 bridgehead atoms. The molecule has 6 nitrogen and oxygen atoms in total. The molecular weight excluding hydrogens is 455 g/mol. The molecule has 0 spiro atoms. The van der Waals surface area contributed by atoms with Crippen molar-refractivity contribution in [1.29, 1.82) is 0 Å². The lowest BCUT2D eigenvalue weighted by Crippen LogP contribution is -2.47. The molecule has 1 aliphatic rings. The average Bonchev–Trinajstić information content (AvgIpc) is 3.19. The predicted octanol–water partition coefficient (Wildman–Crippen LogP) is 3.12. The van der Waals surface area contributed by atoms with Crippen LogP contribution >= 0.6 is 24.0 Å². The van der Waals surface area contributed by atoms with Gasteiger partial charge < -0.3 is 20.1 Å². The number of rotatable bonds is 9. The second kappa shape index (κ2) is 13.0. The van der Waals surface area contributed by atoms with E-state index in [1.54, 1.807) is 14.2 Å². The van der Waals surface area contributed by atoms with Crippen LogP contribution in [0.25, 0.3) is 0 Å². The van der Waals surface area contributed by atoms with Gasteiger partial charge in [0.1, 0.15) is 17.6 Å². The quantitative estimate of drug-likeness (QED) is 0.317. The highest BCUT2D eigenvalue weighted by Gasteiger charge is 2.20. The van der Waals surface area contributed by atoms with Gasteiger partial charge in [0.25, 0.3) is 0 Å². The lowest BCUT2D eigenvalue weighted by atomic mass is 10.2. The van der Waals surface area contributed by atoms with Gasteiger partial charge in [-0.25, -0.2) is 0 Å². The number of hydrogen-bond donors (Lipinski definition) is 2. The number of halogens is 1. The van der Waals surface area contributed by atoms with E-state index in [0.29, 0.717) is 12.6 Å². The van der Waals surface area contributed by atoms with Crippen molar-refractivity contribution in [2.24, 2.45) is 4.99 Å². The molecule has 2 unspecified atom stereocenters. The molecule has 0 amide bonds. The summed E-state index contributed by atoms with van der Waals surface area (Å²) >= 11 is 0. The zero-order valence-electron chi connectivity index (χ0n) is 17.0. The number of methoxy groups -OCH3 is 1.